The maximum absolute atomic E-state index is 12.1. The van der Waals surface area contributed by atoms with E-state index < -0.39 is 11.9 Å². The van der Waals surface area contributed by atoms with Gasteiger partial charge in [0.1, 0.15) is 12.4 Å². The van der Waals surface area contributed by atoms with Gasteiger partial charge < -0.3 is 25.3 Å². The fourth-order valence-electron chi connectivity index (χ4n) is 2.98. The van der Waals surface area contributed by atoms with Gasteiger partial charge in [0.15, 0.2) is 11.5 Å². The van der Waals surface area contributed by atoms with Crippen molar-refractivity contribution in [3.63, 3.8) is 0 Å². The minimum absolute atomic E-state index is 0.382. The smallest absolute Gasteiger partial charge is 0.248 e. The number of carbonyl (C=O) groups is 1. The number of amides is 1. The van der Waals surface area contributed by atoms with E-state index in [4.69, 9.17) is 19.9 Å². The predicted molar refractivity (Wildman–Crippen MR) is 89.8 cm³/mol. The zero-order valence-electron chi connectivity index (χ0n) is 14.4. The molecule has 2 aromatic rings. The number of fused-ring (bicyclic) bond motifs is 1. The minimum atomic E-state index is -0.565. The Morgan fingerprint density at radius 2 is 1.84 bits per heavy atom. The van der Waals surface area contributed by atoms with Crippen LogP contribution in [0.1, 0.15) is 18.5 Å². The van der Waals surface area contributed by atoms with Gasteiger partial charge in [0.05, 0.1) is 26.9 Å². The van der Waals surface area contributed by atoms with E-state index in [2.05, 4.69) is 15.4 Å². The SMILES string of the molecule is COc1cc([C@H]2C(C(N)=O)=C(C)Nc3ncnn32)cc(OC)c1OC. The lowest BCUT2D eigenvalue weighted by atomic mass is 9.94. The van der Waals surface area contributed by atoms with Crippen molar-refractivity contribution in [2.24, 2.45) is 5.73 Å². The summed E-state index contributed by atoms with van der Waals surface area (Å²) in [6.45, 7) is 1.77. The molecular weight excluding hydrogens is 326 g/mol. The van der Waals surface area contributed by atoms with Crippen LogP contribution in [0.15, 0.2) is 29.7 Å². The van der Waals surface area contributed by atoms with E-state index in [1.807, 2.05) is 0 Å². The molecule has 2 heterocycles. The van der Waals surface area contributed by atoms with Gasteiger partial charge in [0.25, 0.3) is 0 Å². The van der Waals surface area contributed by atoms with Crippen LogP contribution < -0.4 is 25.3 Å². The lowest BCUT2D eigenvalue weighted by Crippen LogP contribution is -2.31. The number of methoxy groups -OCH3 is 3. The van der Waals surface area contributed by atoms with Crippen molar-refractivity contribution < 1.29 is 19.0 Å². The maximum Gasteiger partial charge on any atom is 0.248 e. The topological polar surface area (TPSA) is 114 Å². The summed E-state index contributed by atoms with van der Waals surface area (Å²) in [5, 5.41) is 7.26. The van der Waals surface area contributed by atoms with Crippen molar-refractivity contribution in [2.75, 3.05) is 26.6 Å². The van der Waals surface area contributed by atoms with Crippen molar-refractivity contribution in [2.45, 2.75) is 13.0 Å². The minimum Gasteiger partial charge on any atom is -0.493 e. The van der Waals surface area contributed by atoms with Crippen LogP contribution in [0.5, 0.6) is 17.2 Å². The number of carbonyl (C=O) groups excluding carboxylic acids is 1. The number of aromatic nitrogens is 3. The van der Waals surface area contributed by atoms with Crippen LogP contribution in [0.3, 0.4) is 0 Å². The first-order valence-corrected chi connectivity index (χ1v) is 7.48. The van der Waals surface area contributed by atoms with Gasteiger partial charge in [0, 0.05) is 5.70 Å². The molecule has 0 radical (unpaired) electrons. The van der Waals surface area contributed by atoms with E-state index in [1.165, 1.54) is 27.7 Å². The van der Waals surface area contributed by atoms with Crippen LogP contribution in [-0.2, 0) is 4.79 Å². The van der Waals surface area contributed by atoms with Crippen molar-refractivity contribution in [3.8, 4) is 17.2 Å². The molecule has 0 saturated heterocycles. The normalized spacial score (nSPS) is 16.1. The second kappa shape index (κ2) is 6.34. The second-order valence-electron chi connectivity index (χ2n) is 5.42. The molecule has 0 unspecified atom stereocenters. The van der Waals surface area contributed by atoms with E-state index in [1.54, 1.807) is 23.7 Å². The fourth-order valence-corrected chi connectivity index (χ4v) is 2.98. The van der Waals surface area contributed by atoms with E-state index >= 15 is 0 Å². The van der Waals surface area contributed by atoms with Crippen molar-refractivity contribution in [1.29, 1.82) is 0 Å². The molecule has 0 saturated carbocycles. The first kappa shape index (κ1) is 16.6. The second-order valence-corrected chi connectivity index (χ2v) is 5.42. The van der Waals surface area contributed by atoms with Crippen molar-refractivity contribution in [1.82, 2.24) is 14.8 Å². The first-order chi connectivity index (χ1) is 12.0. The molecule has 0 aliphatic carbocycles. The molecule has 1 aliphatic heterocycles. The summed E-state index contributed by atoms with van der Waals surface area (Å²) in [5.41, 5.74) is 7.33. The third kappa shape index (κ3) is 2.63. The molecule has 0 spiro atoms. The summed E-state index contributed by atoms with van der Waals surface area (Å²) >= 11 is 0. The van der Waals surface area contributed by atoms with E-state index in [9.17, 15) is 4.79 Å². The Hall–Kier alpha value is -3.23. The average molecular weight is 345 g/mol. The number of anilines is 1. The molecule has 132 valence electrons. The van der Waals surface area contributed by atoms with Crippen LogP contribution in [0.25, 0.3) is 0 Å². The van der Waals surface area contributed by atoms with Gasteiger partial charge in [-0.25, -0.2) is 4.68 Å². The average Bonchev–Trinajstić information content (AvgIpc) is 3.06. The predicted octanol–water partition coefficient (Wildman–Crippen LogP) is 1.08. The molecule has 1 amide bonds. The number of rotatable bonds is 5. The quantitative estimate of drug-likeness (QED) is 0.833. The van der Waals surface area contributed by atoms with Gasteiger partial charge in [-0.1, -0.05) is 0 Å². The fraction of sp³-hybridized carbons (Fsp3) is 0.312. The number of ether oxygens (including phenoxy) is 3. The summed E-state index contributed by atoms with van der Waals surface area (Å²) in [7, 11) is 4.58. The first-order valence-electron chi connectivity index (χ1n) is 7.48. The lowest BCUT2D eigenvalue weighted by Gasteiger charge is -2.28. The zero-order chi connectivity index (χ0) is 18.1. The van der Waals surface area contributed by atoms with Crippen molar-refractivity contribution >= 4 is 11.9 Å². The molecule has 1 aromatic carbocycles. The maximum atomic E-state index is 12.1. The van der Waals surface area contributed by atoms with Crippen LogP contribution in [-0.4, -0.2) is 42.0 Å². The number of nitrogens with two attached hydrogens (primary N) is 1. The third-order valence-corrected chi connectivity index (χ3v) is 4.06. The molecule has 1 aliphatic rings. The van der Waals surface area contributed by atoms with Gasteiger partial charge in [-0.05, 0) is 24.6 Å². The third-order valence-electron chi connectivity index (χ3n) is 4.06. The largest absolute Gasteiger partial charge is 0.493 e. The molecule has 3 rings (SSSR count). The summed E-state index contributed by atoms with van der Waals surface area (Å²) in [6.07, 6.45) is 1.41. The highest BCUT2D eigenvalue weighted by Gasteiger charge is 2.33. The Balaban J connectivity index is 2.25. The highest BCUT2D eigenvalue weighted by Crippen LogP contribution is 2.43. The van der Waals surface area contributed by atoms with E-state index in [0.29, 0.717) is 40.0 Å². The Kier molecular flexibility index (Phi) is 4.22. The number of nitrogens with one attached hydrogen (secondary N) is 1. The Labute approximate surface area is 144 Å². The van der Waals surface area contributed by atoms with Crippen LogP contribution in [0, 0.1) is 0 Å². The summed E-state index contributed by atoms with van der Waals surface area (Å²) < 4.78 is 17.7. The molecule has 9 heteroatoms. The monoisotopic (exact) mass is 345 g/mol. The highest BCUT2D eigenvalue weighted by atomic mass is 16.5. The van der Waals surface area contributed by atoms with Gasteiger partial charge in [-0.15, -0.1) is 0 Å². The van der Waals surface area contributed by atoms with Gasteiger partial charge in [0.2, 0.25) is 17.6 Å². The number of allylic oxidation sites excluding steroid dienone is 1. The number of hydrogen-bond donors (Lipinski definition) is 2. The van der Waals surface area contributed by atoms with Gasteiger partial charge in [-0.3, -0.25) is 4.79 Å². The summed E-state index contributed by atoms with van der Waals surface area (Å²) in [4.78, 5) is 16.3. The Morgan fingerprint density at radius 3 is 2.36 bits per heavy atom. The highest BCUT2D eigenvalue weighted by molar-refractivity contribution is 5.95. The molecule has 25 heavy (non-hydrogen) atoms. The summed E-state index contributed by atoms with van der Waals surface area (Å²) in [6, 6.07) is 2.96. The number of primary amides is 1. The van der Waals surface area contributed by atoms with E-state index in [-0.39, 0.29) is 0 Å². The van der Waals surface area contributed by atoms with E-state index in [0.717, 1.165) is 0 Å². The summed E-state index contributed by atoms with van der Waals surface area (Å²) in [5.74, 6) is 1.37. The van der Waals surface area contributed by atoms with Crippen LogP contribution in [0.2, 0.25) is 0 Å². The standard InChI is InChI=1S/C16H19N5O4/c1-8-12(15(17)22)13(21-16(20-8)18-7-19-21)9-5-10(23-2)14(25-4)11(6-9)24-3/h5-7,13H,1-4H3,(H2,17,22)(H,18,19,20)/t13-/m0/s1. The molecule has 0 fully saturated rings. The van der Waals surface area contributed by atoms with Gasteiger partial charge in [-0.2, -0.15) is 10.1 Å². The molecule has 1 atom stereocenters. The zero-order valence-corrected chi connectivity index (χ0v) is 14.4. The number of benzene rings is 1. The number of nitrogens with zero attached hydrogens (tertiary/aromatic N) is 3. The molecule has 3 N–H and O–H groups in total. The van der Waals surface area contributed by atoms with Crippen LogP contribution >= 0.6 is 0 Å². The molecule has 0 bridgehead atoms. The number of hydrogen-bond acceptors (Lipinski definition) is 7. The van der Waals surface area contributed by atoms with Gasteiger partial charge >= 0.3 is 0 Å². The Morgan fingerprint density at radius 1 is 1.20 bits per heavy atom. The van der Waals surface area contributed by atoms with Crippen LogP contribution in [0.4, 0.5) is 5.95 Å². The molecule has 1 aromatic heterocycles. The van der Waals surface area contributed by atoms with Crippen molar-refractivity contribution in [3.05, 3.63) is 35.3 Å². The molecular formula is C16H19N5O4. The lowest BCUT2D eigenvalue weighted by molar-refractivity contribution is -0.115. The molecule has 9 nitrogen and oxygen atoms in total. The Bertz CT molecular complexity index is 833.